The largest absolute Gasteiger partial charge is 0.361 e. The maximum atomic E-state index is 14.9. The molecule has 0 unspecified atom stereocenters. The Balaban J connectivity index is 1.51. The van der Waals surface area contributed by atoms with Gasteiger partial charge in [-0.2, -0.15) is 0 Å². The lowest BCUT2D eigenvalue weighted by molar-refractivity contribution is -0.116. The summed E-state index contributed by atoms with van der Waals surface area (Å²) in [5, 5.41) is 3.46. The molecule has 0 aliphatic carbocycles. The molecular weight excluding hydrogens is 500 g/mol. The van der Waals surface area contributed by atoms with Crippen molar-refractivity contribution in [2.45, 2.75) is 24.8 Å². The molecule has 0 bridgehead atoms. The monoisotopic (exact) mass is 521 g/mol. The number of hydrogen-bond donors (Lipinski definition) is 0. The van der Waals surface area contributed by atoms with Crippen molar-refractivity contribution in [3.8, 4) is 11.1 Å². The smallest absolute Gasteiger partial charge is 0.187 e. The molecule has 2 aromatic carbocycles. The fraction of sp³-hybridized carbons (Fsp3) is 0.148. The standard InChI is InChI=1S/C27H21F2N3O4S/c1-17-8-22(31-36-17)12-23(33)16-37(34,35)26-15-32(25-11-21(28)10-24(29)27(25)26)14-18-4-2-5-19(9-18)20-6-3-7-30-13-20/h2-11,13,15H,12,14,16H2,1H3. The van der Waals surface area contributed by atoms with Crippen molar-refractivity contribution in [3.05, 3.63) is 102 Å². The Morgan fingerprint density at radius 3 is 2.59 bits per heavy atom. The Morgan fingerprint density at radius 1 is 1.05 bits per heavy atom. The van der Waals surface area contributed by atoms with E-state index in [0.29, 0.717) is 17.5 Å². The first kappa shape index (κ1) is 24.5. The van der Waals surface area contributed by atoms with E-state index in [4.69, 9.17) is 4.52 Å². The highest BCUT2D eigenvalue weighted by molar-refractivity contribution is 7.92. The Kier molecular flexibility index (Phi) is 6.43. The maximum absolute atomic E-state index is 14.9. The van der Waals surface area contributed by atoms with Crippen LogP contribution in [0.4, 0.5) is 8.78 Å². The summed E-state index contributed by atoms with van der Waals surface area (Å²) in [7, 11) is -4.26. The van der Waals surface area contributed by atoms with Gasteiger partial charge in [-0.3, -0.25) is 9.78 Å². The van der Waals surface area contributed by atoms with E-state index in [1.165, 1.54) is 10.8 Å². The van der Waals surface area contributed by atoms with Gasteiger partial charge >= 0.3 is 0 Å². The minimum Gasteiger partial charge on any atom is -0.361 e. The summed E-state index contributed by atoms with van der Waals surface area (Å²) >= 11 is 0. The first-order valence-corrected chi connectivity index (χ1v) is 13.0. The van der Waals surface area contributed by atoms with E-state index in [-0.39, 0.29) is 28.8 Å². The molecule has 0 saturated heterocycles. The number of halogens is 2. The zero-order valence-corrected chi connectivity index (χ0v) is 20.5. The normalized spacial score (nSPS) is 11.8. The number of pyridine rings is 1. The van der Waals surface area contributed by atoms with Crippen molar-refractivity contribution in [3.63, 3.8) is 0 Å². The first-order chi connectivity index (χ1) is 17.7. The Labute approximate surface area is 211 Å². The average molecular weight is 522 g/mol. The highest BCUT2D eigenvalue weighted by Gasteiger charge is 2.27. The summed E-state index contributed by atoms with van der Waals surface area (Å²) in [5.41, 5.74) is 2.94. The van der Waals surface area contributed by atoms with Crippen LogP contribution in [0.15, 0.2) is 82.6 Å². The van der Waals surface area contributed by atoms with Crippen LogP contribution in [-0.4, -0.2) is 34.7 Å². The number of benzene rings is 2. The Hall–Kier alpha value is -4.18. The summed E-state index contributed by atoms with van der Waals surface area (Å²) in [6, 6.07) is 14.5. The molecule has 0 radical (unpaired) electrons. The summed E-state index contributed by atoms with van der Waals surface area (Å²) < 4.78 is 62.0. The molecule has 0 spiro atoms. The first-order valence-electron chi connectivity index (χ1n) is 11.3. The molecule has 0 fully saturated rings. The van der Waals surface area contributed by atoms with Crippen LogP contribution < -0.4 is 0 Å². The summed E-state index contributed by atoms with van der Waals surface area (Å²) in [6.07, 6.45) is 4.40. The van der Waals surface area contributed by atoms with Crippen molar-refractivity contribution in [2.24, 2.45) is 0 Å². The van der Waals surface area contributed by atoms with Crippen molar-refractivity contribution in [1.82, 2.24) is 14.7 Å². The number of fused-ring (bicyclic) bond motifs is 1. The van der Waals surface area contributed by atoms with Gasteiger partial charge in [0, 0.05) is 37.3 Å². The predicted molar refractivity (Wildman–Crippen MR) is 133 cm³/mol. The van der Waals surface area contributed by atoms with Gasteiger partial charge in [-0.1, -0.05) is 29.4 Å². The van der Waals surface area contributed by atoms with Crippen LogP contribution >= 0.6 is 0 Å². The summed E-state index contributed by atoms with van der Waals surface area (Å²) in [6.45, 7) is 1.80. The van der Waals surface area contributed by atoms with Crippen LogP contribution in [0.3, 0.4) is 0 Å². The maximum Gasteiger partial charge on any atom is 0.187 e. The third-order valence-electron chi connectivity index (χ3n) is 5.88. The van der Waals surface area contributed by atoms with Gasteiger partial charge in [-0.05, 0) is 41.8 Å². The molecular formula is C27H21F2N3O4S. The van der Waals surface area contributed by atoms with Crippen LogP contribution in [-0.2, 0) is 27.6 Å². The topological polar surface area (TPSA) is 95.1 Å². The molecule has 0 aliphatic rings. The molecule has 0 aliphatic heterocycles. The highest BCUT2D eigenvalue weighted by atomic mass is 32.2. The zero-order chi connectivity index (χ0) is 26.2. The summed E-state index contributed by atoms with van der Waals surface area (Å²) in [5.74, 6) is -2.84. The second-order valence-corrected chi connectivity index (χ2v) is 10.7. The van der Waals surface area contributed by atoms with Gasteiger partial charge in [0.15, 0.2) is 15.6 Å². The minimum atomic E-state index is -4.26. The van der Waals surface area contributed by atoms with Gasteiger partial charge < -0.3 is 9.09 Å². The van der Waals surface area contributed by atoms with Gasteiger partial charge in [-0.25, -0.2) is 17.2 Å². The lowest BCUT2D eigenvalue weighted by Gasteiger charge is -2.08. The molecule has 7 nitrogen and oxygen atoms in total. The van der Waals surface area contributed by atoms with Crippen LogP contribution in [0, 0.1) is 18.6 Å². The van der Waals surface area contributed by atoms with Crippen LogP contribution in [0.2, 0.25) is 0 Å². The van der Waals surface area contributed by atoms with Crippen LogP contribution in [0.5, 0.6) is 0 Å². The van der Waals surface area contributed by atoms with E-state index < -0.39 is 33.0 Å². The fourth-order valence-electron chi connectivity index (χ4n) is 4.30. The molecule has 3 aromatic heterocycles. The molecule has 3 heterocycles. The fourth-order valence-corrected chi connectivity index (χ4v) is 5.78. The Morgan fingerprint density at radius 2 is 1.86 bits per heavy atom. The molecule has 0 atom stereocenters. The number of nitrogens with zero attached hydrogens (tertiary/aromatic N) is 3. The average Bonchev–Trinajstić information content (AvgIpc) is 3.43. The lowest BCUT2D eigenvalue weighted by Crippen LogP contribution is -2.18. The van der Waals surface area contributed by atoms with Gasteiger partial charge in [0.05, 0.1) is 27.9 Å². The number of aryl methyl sites for hydroxylation is 1. The molecule has 10 heteroatoms. The molecule has 0 amide bonds. The number of rotatable bonds is 8. The number of hydrogen-bond acceptors (Lipinski definition) is 6. The van der Waals surface area contributed by atoms with Gasteiger partial charge in [0.2, 0.25) is 0 Å². The van der Waals surface area contributed by atoms with Crippen molar-refractivity contribution in [1.29, 1.82) is 0 Å². The molecule has 37 heavy (non-hydrogen) atoms. The second kappa shape index (κ2) is 9.70. The zero-order valence-electron chi connectivity index (χ0n) is 19.7. The number of aromatic nitrogens is 3. The number of Topliss-reactive ketones (excluding diaryl/α,β-unsaturated/α-hetero) is 1. The van der Waals surface area contributed by atoms with E-state index in [2.05, 4.69) is 10.1 Å². The predicted octanol–water partition coefficient (Wildman–Crippen LogP) is 4.91. The van der Waals surface area contributed by atoms with Crippen LogP contribution in [0.1, 0.15) is 17.0 Å². The van der Waals surface area contributed by atoms with Crippen LogP contribution in [0.25, 0.3) is 22.0 Å². The number of carbonyl (C=O) groups excluding carboxylic acids is 1. The van der Waals surface area contributed by atoms with E-state index in [9.17, 15) is 22.0 Å². The van der Waals surface area contributed by atoms with Gasteiger partial charge in [0.25, 0.3) is 0 Å². The lowest BCUT2D eigenvalue weighted by atomic mass is 10.0. The molecule has 188 valence electrons. The van der Waals surface area contributed by atoms with Gasteiger partial charge in [0.1, 0.15) is 23.1 Å². The number of ketones is 1. The number of carbonyl (C=O) groups is 1. The molecule has 5 rings (SSSR count). The molecule has 5 aromatic rings. The SMILES string of the molecule is Cc1cc(CC(=O)CS(=O)(=O)c2cn(Cc3cccc(-c4cccnc4)c3)c3cc(F)cc(F)c23)no1. The third kappa shape index (κ3) is 5.19. The quantitative estimate of drug-likeness (QED) is 0.288. The van der Waals surface area contributed by atoms with E-state index in [1.807, 2.05) is 36.4 Å². The Bertz CT molecular complexity index is 1730. The van der Waals surface area contributed by atoms with E-state index in [1.54, 1.807) is 25.4 Å². The van der Waals surface area contributed by atoms with Crippen molar-refractivity contribution >= 4 is 26.5 Å². The minimum absolute atomic E-state index is 0.0717. The summed E-state index contributed by atoms with van der Waals surface area (Å²) in [4.78, 5) is 16.3. The second-order valence-electron chi connectivity index (χ2n) is 8.75. The highest BCUT2D eigenvalue weighted by Crippen LogP contribution is 2.31. The van der Waals surface area contributed by atoms with E-state index in [0.717, 1.165) is 22.8 Å². The number of sulfone groups is 1. The molecule has 0 saturated carbocycles. The molecule has 0 N–H and O–H groups in total. The third-order valence-corrected chi connectivity index (χ3v) is 7.56. The van der Waals surface area contributed by atoms with Gasteiger partial charge in [-0.15, -0.1) is 0 Å². The van der Waals surface area contributed by atoms with E-state index >= 15 is 0 Å². The van der Waals surface area contributed by atoms with Crippen molar-refractivity contribution in [2.75, 3.05) is 5.75 Å². The van der Waals surface area contributed by atoms with Crippen molar-refractivity contribution < 1.29 is 26.5 Å².